The van der Waals surface area contributed by atoms with Crippen molar-refractivity contribution >= 4 is 72.4 Å². The number of fused-ring (bicyclic) bond motifs is 9. The Kier molecular flexibility index (Phi) is 6.98. The van der Waals surface area contributed by atoms with E-state index < -0.39 is 8.07 Å². The Morgan fingerprint density at radius 3 is 1.23 bits per heavy atom. The van der Waals surface area contributed by atoms with Gasteiger partial charge in [-0.25, -0.2) is 0 Å². The monoisotopic (exact) mass is 740 g/mol. The van der Waals surface area contributed by atoms with Gasteiger partial charge in [-0.2, -0.15) is 0 Å². The summed E-state index contributed by atoms with van der Waals surface area (Å²) in [5.41, 5.74) is 12.4. The first-order valence-electron chi connectivity index (χ1n) is 19.8. The summed E-state index contributed by atoms with van der Waals surface area (Å²) >= 11 is 0. The molecule has 0 fully saturated rings. The molecule has 57 heavy (non-hydrogen) atoms. The summed E-state index contributed by atoms with van der Waals surface area (Å²) in [6, 6.07) is 81.2. The maximum absolute atomic E-state index is 2.55. The second-order valence-corrected chi connectivity index (χ2v) is 19.0. The summed E-state index contributed by atoms with van der Waals surface area (Å²) < 4.78 is 4.83. The average Bonchev–Trinajstić information content (AvgIpc) is 3.91. The van der Waals surface area contributed by atoms with Crippen molar-refractivity contribution in [3.63, 3.8) is 0 Å². The number of hydrogen-bond acceptors (Lipinski definition) is 0. The molecule has 1 aliphatic rings. The molecule has 0 saturated heterocycles. The Hall–Kier alpha value is -7.20. The van der Waals surface area contributed by atoms with Crippen molar-refractivity contribution < 1.29 is 0 Å². The molecule has 266 valence electrons. The lowest BCUT2D eigenvalue weighted by Crippen LogP contribution is -2.72. The van der Waals surface area contributed by atoms with Crippen LogP contribution in [0.4, 0.5) is 0 Å². The van der Waals surface area contributed by atoms with Gasteiger partial charge in [0, 0.05) is 32.9 Å². The molecule has 0 atom stereocenters. The van der Waals surface area contributed by atoms with Crippen LogP contribution in [-0.4, -0.2) is 17.2 Å². The maximum atomic E-state index is 2.45. The standard InChI is InChI=1S/C54H36N2Si/c1-3-15-39(16-4-1)55-49-23-11-7-19-43(49)47-35-37(27-33-51(47)55)38-28-34-52-48(36-38)44-20-8-12-24-50(44)56(52)40-29-31-42(32-30-40)57(41-17-5-2-6-18-41)53-25-13-9-21-45(53)46-22-10-14-26-54(46)57/h1-36H. The highest BCUT2D eigenvalue weighted by Gasteiger charge is 2.48. The van der Waals surface area contributed by atoms with Gasteiger partial charge >= 0.3 is 0 Å². The van der Waals surface area contributed by atoms with Crippen LogP contribution in [-0.2, 0) is 0 Å². The Morgan fingerprint density at radius 2 is 0.684 bits per heavy atom. The van der Waals surface area contributed by atoms with E-state index in [1.54, 1.807) is 0 Å². The Bertz CT molecular complexity index is 3290. The fourth-order valence-corrected chi connectivity index (χ4v) is 15.2. The molecule has 0 amide bonds. The third kappa shape index (κ3) is 4.58. The number of nitrogens with zero attached hydrogens (tertiary/aromatic N) is 2. The summed E-state index contributed by atoms with van der Waals surface area (Å²) in [4.78, 5) is 0. The van der Waals surface area contributed by atoms with Crippen molar-refractivity contribution in [3.05, 3.63) is 218 Å². The Labute approximate surface area is 332 Å². The van der Waals surface area contributed by atoms with Crippen molar-refractivity contribution in [2.45, 2.75) is 0 Å². The normalized spacial score (nSPS) is 13.1. The third-order valence-corrected chi connectivity index (χ3v) is 17.3. The number of hydrogen-bond donors (Lipinski definition) is 0. The van der Waals surface area contributed by atoms with Crippen LogP contribution in [0.25, 0.3) is 77.2 Å². The van der Waals surface area contributed by atoms with Crippen LogP contribution < -0.4 is 20.7 Å². The predicted octanol–water partition coefficient (Wildman–Crippen LogP) is 10.9. The van der Waals surface area contributed by atoms with Gasteiger partial charge in [0.15, 0.2) is 8.07 Å². The van der Waals surface area contributed by atoms with Crippen molar-refractivity contribution in [1.29, 1.82) is 0 Å². The van der Waals surface area contributed by atoms with Gasteiger partial charge in [-0.15, -0.1) is 0 Å². The van der Waals surface area contributed by atoms with Gasteiger partial charge in [-0.3, -0.25) is 0 Å². The second kappa shape index (κ2) is 12.4. The third-order valence-electron chi connectivity index (χ3n) is 12.4. The summed E-state index contributed by atoms with van der Waals surface area (Å²) in [7, 11) is -2.55. The fourth-order valence-electron chi connectivity index (χ4n) is 10.0. The molecule has 0 spiro atoms. The second-order valence-electron chi connectivity index (χ2n) is 15.3. The van der Waals surface area contributed by atoms with Crippen LogP contribution in [0.5, 0.6) is 0 Å². The highest BCUT2D eigenvalue weighted by Crippen LogP contribution is 2.38. The topological polar surface area (TPSA) is 9.86 Å². The van der Waals surface area contributed by atoms with E-state index >= 15 is 0 Å². The average molecular weight is 741 g/mol. The van der Waals surface area contributed by atoms with Gasteiger partial charge in [0.25, 0.3) is 0 Å². The summed E-state index contributed by atoms with van der Waals surface area (Å²) in [5.74, 6) is 0. The molecular formula is C54H36N2Si. The molecule has 0 saturated carbocycles. The van der Waals surface area contributed by atoms with E-state index in [0.29, 0.717) is 0 Å². The first-order chi connectivity index (χ1) is 28.3. The molecule has 12 rings (SSSR count). The molecule has 3 heterocycles. The molecule has 2 nitrogen and oxygen atoms in total. The first-order valence-corrected chi connectivity index (χ1v) is 21.8. The van der Waals surface area contributed by atoms with Crippen LogP contribution in [0.15, 0.2) is 218 Å². The van der Waals surface area contributed by atoms with Crippen LogP contribution in [0.2, 0.25) is 0 Å². The Balaban J connectivity index is 1.01. The molecule has 0 radical (unpaired) electrons. The van der Waals surface area contributed by atoms with E-state index in [1.165, 1.54) is 98.0 Å². The van der Waals surface area contributed by atoms with Gasteiger partial charge in [0.2, 0.25) is 0 Å². The SMILES string of the molecule is c1ccc(-n2c3ccccc3c3cc(-c4ccc5c(c4)c4ccccc4n5-c4ccc([Si]5(c6ccccc6)c6ccccc6-c6ccccc65)cc4)ccc32)cc1. The quantitative estimate of drug-likeness (QED) is 0.156. The van der Waals surface area contributed by atoms with E-state index in [-0.39, 0.29) is 0 Å². The van der Waals surface area contributed by atoms with Crippen LogP contribution in [0.3, 0.4) is 0 Å². The lowest BCUT2D eigenvalue weighted by atomic mass is 10.0. The zero-order chi connectivity index (χ0) is 37.5. The predicted molar refractivity (Wildman–Crippen MR) is 243 cm³/mol. The first kappa shape index (κ1) is 32.1. The van der Waals surface area contributed by atoms with Gasteiger partial charge in [0.05, 0.1) is 22.1 Å². The molecule has 1 aliphatic heterocycles. The highest BCUT2D eigenvalue weighted by atomic mass is 28.3. The minimum Gasteiger partial charge on any atom is -0.309 e. The molecule has 0 aliphatic carbocycles. The number of benzene rings is 9. The number of rotatable bonds is 5. The van der Waals surface area contributed by atoms with E-state index in [2.05, 4.69) is 228 Å². The van der Waals surface area contributed by atoms with Crippen molar-refractivity contribution in [2.75, 3.05) is 0 Å². The van der Waals surface area contributed by atoms with Gasteiger partial charge < -0.3 is 9.13 Å². The molecule has 0 unspecified atom stereocenters. The van der Waals surface area contributed by atoms with Crippen LogP contribution in [0.1, 0.15) is 0 Å². The zero-order valence-electron chi connectivity index (χ0n) is 31.2. The van der Waals surface area contributed by atoms with E-state index in [0.717, 1.165) is 0 Å². The largest absolute Gasteiger partial charge is 0.309 e. The van der Waals surface area contributed by atoms with E-state index in [4.69, 9.17) is 0 Å². The van der Waals surface area contributed by atoms with Gasteiger partial charge in [-0.05, 0) is 104 Å². The van der Waals surface area contributed by atoms with Gasteiger partial charge in [0.1, 0.15) is 0 Å². The molecular weight excluding hydrogens is 705 g/mol. The molecule has 0 N–H and O–H groups in total. The van der Waals surface area contributed by atoms with Crippen molar-refractivity contribution in [2.24, 2.45) is 0 Å². The summed E-state index contributed by atoms with van der Waals surface area (Å²) in [5, 5.41) is 10.8. The summed E-state index contributed by atoms with van der Waals surface area (Å²) in [6.45, 7) is 0. The minimum absolute atomic E-state index is 1.17. The van der Waals surface area contributed by atoms with Crippen molar-refractivity contribution in [1.82, 2.24) is 9.13 Å². The smallest absolute Gasteiger partial charge is 0.180 e. The molecule has 0 bridgehead atoms. The van der Waals surface area contributed by atoms with E-state index in [9.17, 15) is 0 Å². The molecule has 2 aromatic heterocycles. The minimum atomic E-state index is -2.55. The summed E-state index contributed by atoms with van der Waals surface area (Å²) in [6.07, 6.45) is 0. The lowest BCUT2D eigenvalue weighted by Gasteiger charge is -2.31. The molecule has 3 heteroatoms. The molecule has 9 aromatic carbocycles. The lowest BCUT2D eigenvalue weighted by molar-refractivity contribution is 1.18. The van der Waals surface area contributed by atoms with Crippen molar-refractivity contribution in [3.8, 4) is 33.6 Å². The zero-order valence-corrected chi connectivity index (χ0v) is 32.2. The molecule has 11 aromatic rings. The number of aromatic nitrogens is 2. The number of para-hydroxylation sites is 3. The fraction of sp³-hybridized carbons (Fsp3) is 0. The van der Waals surface area contributed by atoms with E-state index in [1.807, 2.05) is 0 Å². The maximum Gasteiger partial charge on any atom is 0.180 e. The van der Waals surface area contributed by atoms with Gasteiger partial charge in [-0.1, -0.05) is 158 Å². The highest BCUT2D eigenvalue weighted by molar-refractivity contribution is 7.22. The van der Waals surface area contributed by atoms with Crippen LogP contribution in [0, 0.1) is 0 Å². The Morgan fingerprint density at radius 1 is 0.281 bits per heavy atom. The van der Waals surface area contributed by atoms with Crippen LogP contribution >= 0.6 is 0 Å².